The van der Waals surface area contributed by atoms with Gasteiger partial charge < -0.3 is 15.1 Å². The lowest BCUT2D eigenvalue weighted by Gasteiger charge is -2.33. The van der Waals surface area contributed by atoms with Gasteiger partial charge in [0.1, 0.15) is 6.54 Å². The van der Waals surface area contributed by atoms with E-state index in [0.29, 0.717) is 26.1 Å². The Bertz CT molecular complexity index is 470. The number of anilines is 1. The third kappa shape index (κ3) is 3.11. The molecule has 1 aliphatic rings. The quantitative estimate of drug-likeness (QED) is 0.774. The molecule has 1 N–H and O–H groups in total. The summed E-state index contributed by atoms with van der Waals surface area (Å²) in [6.45, 7) is 1.88. The number of nitrogens with one attached hydrogen (secondary N) is 1. The summed E-state index contributed by atoms with van der Waals surface area (Å²) in [5.41, 5.74) is 0.787. The largest absolute Gasteiger partial charge is 0.332 e. The fourth-order valence-electron chi connectivity index (χ4n) is 2.10. The number of aromatic nitrogens is 2. The Kier molecular flexibility index (Phi) is 4.16. The molecule has 2 rings (SSSR count). The first-order valence-electron chi connectivity index (χ1n) is 6.33. The number of nitrogens with zero attached hydrogens (tertiary/aromatic N) is 4. The second-order valence-electron chi connectivity index (χ2n) is 4.59. The van der Waals surface area contributed by atoms with Crippen LogP contribution in [-0.4, -0.2) is 59.7 Å². The lowest BCUT2D eigenvalue weighted by Crippen LogP contribution is -2.52. The molecule has 1 aromatic rings. The summed E-state index contributed by atoms with van der Waals surface area (Å²) >= 11 is 0. The fraction of sp³-hybridized carbons (Fsp3) is 0.583. The predicted octanol–water partition coefficient (Wildman–Crippen LogP) is -0.795. The van der Waals surface area contributed by atoms with Crippen LogP contribution in [0.1, 0.15) is 6.42 Å². The van der Waals surface area contributed by atoms with Crippen LogP contribution in [0.25, 0.3) is 0 Å². The number of hydrogen-bond donors (Lipinski definition) is 1. The molecule has 0 saturated carbocycles. The molecule has 1 aromatic heterocycles. The number of rotatable bonds is 4. The second-order valence-corrected chi connectivity index (χ2v) is 4.59. The van der Waals surface area contributed by atoms with Gasteiger partial charge in [-0.05, 0) is 7.05 Å². The molecule has 0 aliphatic carbocycles. The Morgan fingerprint density at radius 2 is 2.26 bits per heavy atom. The molecule has 2 amide bonds. The highest BCUT2D eigenvalue weighted by Crippen LogP contribution is 2.16. The van der Waals surface area contributed by atoms with Crippen LogP contribution < -0.4 is 10.2 Å². The van der Waals surface area contributed by atoms with Crippen LogP contribution in [0.3, 0.4) is 0 Å². The SMILES string of the molecule is CNCCC(=O)N1CCN(c2cnn(C)c2)C(=O)C1. The van der Waals surface area contributed by atoms with Gasteiger partial charge in [0, 0.05) is 39.3 Å². The number of carbonyl (C=O) groups excluding carboxylic acids is 2. The highest BCUT2D eigenvalue weighted by molar-refractivity contribution is 5.97. The summed E-state index contributed by atoms with van der Waals surface area (Å²) in [6, 6.07) is 0. The minimum Gasteiger partial charge on any atom is -0.332 e. The molecule has 19 heavy (non-hydrogen) atoms. The summed E-state index contributed by atoms with van der Waals surface area (Å²) in [7, 11) is 3.62. The van der Waals surface area contributed by atoms with Crippen molar-refractivity contribution in [3.63, 3.8) is 0 Å². The van der Waals surface area contributed by atoms with Crippen molar-refractivity contribution in [1.82, 2.24) is 20.0 Å². The van der Waals surface area contributed by atoms with E-state index in [1.165, 1.54) is 0 Å². The van der Waals surface area contributed by atoms with Crippen LogP contribution in [0.5, 0.6) is 0 Å². The van der Waals surface area contributed by atoms with Crippen LogP contribution in [0.2, 0.25) is 0 Å². The van der Waals surface area contributed by atoms with Crippen LogP contribution in [0.15, 0.2) is 12.4 Å². The van der Waals surface area contributed by atoms with E-state index in [1.54, 1.807) is 33.9 Å². The van der Waals surface area contributed by atoms with E-state index in [9.17, 15) is 9.59 Å². The molecule has 2 heterocycles. The van der Waals surface area contributed by atoms with Crippen LogP contribution in [-0.2, 0) is 16.6 Å². The van der Waals surface area contributed by atoms with Gasteiger partial charge in [0.05, 0.1) is 11.9 Å². The molecule has 104 valence electrons. The number of amides is 2. The molecule has 1 saturated heterocycles. The molecule has 7 heteroatoms. The highest BCUT2D eigenvalue weighted by atomic mass is 16.2. The van der Waals surface area contributed by atoms with Gasteiger partial charge >= 0.3 is 0 Å². The molecule has 0 aromatic carbocycles. The van der Waals surface area contributed by atoms with Crippen molar-refractivity contribution < 1.29 is 9.59 Å². The molecule has 1 fully saturated rings. The monoisotopic (exact) mass is 265 g/mol. The summed E-state index contributed by atoms with van der Waals surface area (Å²) < 4.78 is 1.66. The topological polar surface area (TPSA) is 70.5 Å². The summed E-state index contributed by atoms with van der Waals surface area (Å²) in [5, 5.41) is 6.99. The maximum Gasteiger partial charge on any atom is 0.246 e. The molecule has 0 radical (unpaired) electrons. The molecule has 0 atom stereocenters. The zero-order chi connectivity index (χ0) is 13.8. The van der Waals surface area contributed by atoms with E-state index < -0.39 is 0 Å². The van der Waals surface area contributed by atoms with Crippen molar-refractivity contribution in [1.29, 1.82) is 0 Å². The predicted molar refractivity (Wildman–Crippen MR) is 70.7 cm³/mol. The van der Waals surface area contributed by atoms with Crippen molar-refractivity contribution in [2.24, 2.45) is 7.05 Å². The third-order valence-corrected chi connectivity index (χ3v) is 3.17. The Balaban J connectivity index is 1.95. The van der Waals surface area contributed by atoms with Crippen molar-refractivity contribution in [3.8, 4) is 0 Å². The van der Waals surface area contributed by atoms with Gasteiger partial charge in [-0.3, -0.25) is 14.3 Å². The first-order chi connectivity index (χ1) is 9.11. The Morgan fingerprint density at radius 1 is 1.47 bits per heavy atom. The van der Waals surface area contributed by atoms with Gasteiger partial charge in [0.15, 0.2) is 0 Å². The maximum atomic E-state index is 12.1. The number of piperazine rings is 1. The molecule has 0 unspecified atom stereocenters. The zero-order valence-electron chi connectivity index (χ0n) is 11.3. The van der Waals surface area contributed by atoms with Gasteiger partial charge in [-0.1, -0.05) is 0 Å². The van der Waals surface area contributed by atoms with E-state index >= 15 is 0 Å². The molecular formula is C12H19N5O2. The van der Waals surface area contributed by atoms with Crippen LogP contribution in [0, 0.1) is 0 Å². The summed E-state index contributed by atoms with van der Waals surface area (Å²) in [4.78, 5) is 27.2. The number of carbonyl (C=O) groups is 2. The Morgan fingerprint density at radius 3 is 2.84 bits per heavy atom. The molecule has 7 nitrogen and oxygen atoms in total. The molecule has 0 bridgehead atoms. The second kappa shape index (κ2) is 5.83. The van der Waals surface area contributed by atoms with Crippen molar-refractivity contribution >= 4 is 17.5 Å². The van der Waals surface area contributed by atoms with E-state index in [2.05, 4.69) is 10.4 Å². The van der Waals surface area contributed by atoms with E-state index in [4.69, 9.17) is 0 Å². The van der Waals surface area contributed by atoms with Gasteiger partial charge in [-0.15, -0.1) is 0 Å². The van der Waals surface area contributed by atoms with Crippen molar-refractivity contribution in [3.05, 3.63) is 12.4 Å². The van der Waals surface area contributed by atoms with E-state index in [-0.39, 0.29) is 18.4 Å². The number of aryl methyl sites for hydroxylation is 1. The Hall–Kier alpha value is -1.89. The normalized spacial score (nSPS) is 16.0. The lowest BCUT2D eigenvalue weighted by molar-refractivity contribution is -0.136. The smallest absolute Gasteiger partial charge is 0.246 e. The minimum absolute atomic E-state index is 0.0218. The highest BCUT2D eigenvalue weighted by Gasteiger charge is 2.28. The third-order valence-electron chi connectivity index (χ3n) is 3.17. The van der Waals surface area contributed by atoms with Crippen LogP contribution >= 0.6 is 0 Å². The zero-order valence-corrected chi connectivity index (χ0v) is 11.3. The molecule has 0 spiro atoms. The molecule has 1 aliphatic heterocycles. The lowest BCUT2D eigenvalue weighted by atomic mass is 10.2. The first kappa shape index (κ1) is 13.5. The maximum absolute atomic E-state index is 12.1. The average molecular weight is 265 g/mol. The van der Waals surface area contributed by atoms with E-state index in [0.717, 1.165) is 5.69 Å². The standard InChI is InChI=1S/C12H19N5O2/c1-13-4-3-11(18)16-5-6-17(12(19)9-16)10-7-14-15(2)8-10/h7-8,13H,3-6,9H2,1-2H3. The summed E-state index contributed by atoms with van der Waals surface area (Å²) in [5.74, 6) is -0.0365. The number of hydrogen-bond acceptors (Lipinski definition) is 4. The van der Waals surface area contributed by atoms with Gasteiger partial charge in [0.25, 0.3) is 0 Å². The van der Waals surface area contributed by atoms with Gasteiger partial charge in [-0.25, -0.2) is 0 Å². The average Bonchev–Trinajstić information content (AvgIpc) is 2.82. The van der Waals surface area contributed by atoms with Crippen molar-refractivity contribution in [2.45, 2.75) is 6.42 Å². The first-order valence-corrected chi connectivity index (χ1v) is 6.33. The minimum atomic E-state index is -0.0583. The van der Waals surface area contributed by atoms with E-state index in [1.807, 2.05) is 7.05 Å². The van der Waals surface area contributed by atoms with Gasteiger partial charge in [0.2, 0.25) is 11.8 Å². The Labute approximate surface area is 112 Å². The fourth-order valence-corrected chi connectivity index (χ4v) is 2.10. The van der Waals surface area contributed by atoms with Crippen molar-refractivity contribution in [2.75, 3.05) is 38.1 Å². The van der Waals surface area contributed by atoms with Gasteiger partial charge in [-0.2, -0.15) is 5.10 Å². The van der Waals surface area contributed by atoms with Crippen LogP contribution in [0.4, 0.5) is 5.69 Å². The summed E-state index contributed by atoms with van der Waals surface area (Å²) in [6.07, 6.45) is 3.89. The molecular weight excluding hydrogens is 246 g/mol.